The highest BCUT2D eigenvalue weighted by Gasteiger charge is 2.06. The molecule has 2 N–H and O–H groups in total. The smallest absolute Gasteiger partial charge is 0.123 e. The van der Waals surface area contributed by atoms with E-state index in [-0.39, 0.29) is 0 Å². The van der Waals surface area contributed by atoms with Crippen LogP contribution in [-0.2, 0) is 17.3 Å². The molecule has 0 heterocycles. The zero-order valence-corrected chi connectivity index (χ0v) is 12.7. The summed E-state index contributed by atoms with van der Waals surface area (Å²) in [6.45, 7) is 5.36. The van der Waals surface area contributed by atoms with E-state index in [0.717, 1.165) is 35.7 Å². The van der Waals surface area contributed by atoms with Gasteiger partial charge in [0, 0.05) is 34.4 Å². The van der Waals surface area contributed by atoms with Crippen molar-refractivity contribution in [2.75, 3.05) is 18.1 Å². The molecule has 1 aromatic rings. The van der Waals surface area contributed by atoms with Crippen molar-refractivity contribution in [3.63, 3.8) is 0 Å². The standard InChI is InChI=1S/C15H25NO2S/c1-3-13(2)12-19(17)10-6-9-18-15-8-5-4-7-14(15)11-16/h4-5,7-8,13H,3,6,9-12,16H2,1-2H3. The number of para-hydroxylation sites is 1. The van der Waals surface area contributed by atoms with Crippen LogP contribution in [0.15, 0.2) is 24.3 Å². The predicted octanol–water partition coefficient (Wildman–Crippen LogP) is 2.71. The third-order valence-electron chi connectivity index (χ3n) is 3.13. The van der Waals surface area contributed by atoms with Crippen LogP contribution in [0, 0.1) is 5.92 Å². The highest BCUT2D eigenvalue weighted by Crippen LogP contribution is 2.17. The SMILES string of the molecule is CCC(C)CS(=O)CCCOc1ccccc1CN. The van der Waals surface area contributed by atoms with Gasteiger partial charge in [-0.2, -0.15) is 0 Å². The van der Waals surface area contributed by atoms with Crippen LogP contribution >= 0.6 is 0 Å². The molecule has 108 valence electrons. The van der Waals surface area contributed by atoms with Crippen molar-refractivity contribution >= 4 is 10.8 Å². The van der Waals surface area contributed by atoms with Crippen molar-refractivity contribution in [3.8, 4) is 5.75 Å². The number of hydrogen-bond donors (Lipinski definition) is 1. The maximum absolute atomic E-state index is 11.8. The van der Waals surface area contributed by atoms with Crippen LogP contribution in [0.1, 0.15) is 32.3 Å². The lowest BCUT2D eigenvalue weighted by molar-refractivity contribution is 0.315. The number of rotatable bonds is 9. The largest absolute Gasteiger partial charge is 0.493 e. The second-order valence-corrected chi connectivity index (χ2v) is 6.46. The zero-order chi connectivity index (χ0) is 14.1. The van der Waals surface area contributed by atoms with Crippen molar-refractivity contribution in [1.29, 1.82) is 0 Å². The van der Waals surface area contributed by atoms with Crippen molar-refractivity contribution in [2.24, 2.45) is 11.7 Å². The van der Waals surface area contributed by atoms with Gasteiger partial charge in [-0.3, -0.25) is 4.21 Å². The van der Waals surface area contributed by atoms with E-state index in [4.69, 9.17) is 10.5 Å². The van der Waals surface area contributed by atoms with Gasteiger partial charge < -0.3 is 10.5 Å². The fourth-order valence-electron chi connectivity index (χ4n) is 1.73. The molecule has 0 saturated heterocycles. The third kappa shape index (κ3) is 6.21. The van der Waals surface area contributed by atoms with E-state index in [1.807, 2.05) is 24.3 Å². The maximum atomic E-state index is 11.8. The molecule has 1 aromatic carbocycles. The fraction of sp³-hybridized carbons (Fsp3) is 0.600. The Kier molecular flexibility index (Phi) is 7.75. The van der Waals surface area contributed by atoms with E-state index in [2.05, 4.69) is 13.8 Å². The summed E-state index contributed by atoms with van der Waals surface area (Å²) in [6.07, 6.45) is 1.91. The number of hydrogen-bond acceptors (Lipinski definition) is 3. The van der Waals surface area contributed by atoms with Gasteiger partial charge in [-0.05, 0) is 18.4 Å². The van der Waals surface area contributed by atoms with Gasteiger partial charge in [0.2, 0.25) is 0 Å². The van der Waals surface area contributed by atoms with Crippen LogP contribution in [0.2, 0.25) is 0 Å². The van der Waals surface area contributed by atoms with Gasteiger partial charge in [0.15, 0.2) is 0 Å². The molecule has 0 saturated carbocycles. The molecule has 19 heavy (non-hydrogen) atoms. The van der Waals surface area contributed by atoms with Gasteiger partial charge in [-0.25, -0.2) is 0 Å². The number of nitrogens with two attached hydrogens (primary N) is 1. The summed E-state index contributed by atoms with van der Waals surface area (Å²) in [6, 6.07) is 7.79. The molecule has 0 aliphatic heterocycles. The summed E-state index contributed by atoms with van der Waals surface area (Å²) in [5.41, 5.74) is 6.66. The lowest BCUT2D eigenvalue weighted by Crippen LogP contribution is -2.12. The maximum Gasteiger partial charge on any atom is 0.123 e. The van der Waals surface area contributed by atoms with Crippen LogP contribution in [-0.4, -0.2) is 22.3 Å². The molecule has 0 aromatic heterocycles. The topological polar surface area (TPSA) is 52.3 Å². The molecular formula is C15H25NO2S. The van der Waals surface area contributed by atoms with E-state index in [0.29, 0.717) is 19.1 Å². The molecule has 0 aliphatic rings. The molecule has 4 heteroatoms. The van der Waals surface area contributed by atoms with Crippen LogP contribution in [0.25, 0.3) is 0 Å². The second kappa shape index (κ2) is 9.10. The quantitative estimate of drug-likeness (QED) is 0.709. The van der Waals surface area contributed by atoms with Gasteiger partial charge >= 0.3 is 0 Å². The van der Waals surface area contributed by atoms with Gasteiger partial charge in [-0.15, -0.1) is 0 Å². The first-order valence-corrected chi connectivity index (χ1v) is 8.41. The van der Waals surface area contributed by atoms with E-state index in [1.54, 1.807) is 0 Å². The Morgan fingerprint density at radius 1 is 1.37 bits per heavy atom. The van der Waals surface area contributed by atoms with E-state index in [9.17, 15) is 4.21 Å². The summed E-state index contributed by atoms with van der Waals surface area (Å²) in [7, 11) is -0.720. The van der Waals surface area contributed by atoms with E-state index in [1.165, 1.54) is 0 Å². The zero-order valence-electron chi connectivity index (χ0n) is 11.9. The Morgan fingerprint density at radius 2 is 2.11 bits per heavy atom. The Labute approximate surface area is 119 Å². The van der Waals surface area contributed by atoms with Crippen molar-refractivity contribution in [1.82, 2.24) is 0 Å². The fourth-order valence-corrected chi connectivity index (χ4v) is 3.21. The molecule has 2 atom stereocenters. The van der Waals surface area contributed by atoms with Crippen LogP contribution < -0.4 is 10.5 Å². The Balaban J connectivity index is 2.25. The number of benzene rings is 1. The highest BCUT2D eigenvalue weighted by atomic mass is 32.2. The van der Waals surface area contributed by atoms with E-state index < -0.39 is 10.8 Å². The van der Waals surface area contributed by atoms with Gasteiger partial charge in [-0.1, -0.05) is 38.5 Å². The van der Waals surface area contributed by atoms with Crippen molar-refractivity contribution in [2.45, 2.75) is 33.2 Å². The molecular weight excluding hydrogens is 258 g/mol. The number of ether oxygens (including phenoxy) is 1. The molecule has 0 fully saturated rings. The van der Waals surface area contributed by atoms with E-state index >= 15 is 0 Å². The van der Waals surface area contributed by atoms with Crippen molar-refractivity contribution < 1.29 is 8.95 Å². The first kappa shape index (κ1) is 16.2. The van der Waals surface area contributed by atoms with Gasteiger partial charge in [0.25, 0.3) is 0 Å². The molecule has 0 amide bonds. The molecule has 1 rings (SSSR count). The monoisotopic (exact) mass is 283 g/mol. The van der Waals surface area contributed by atoms with Crippen LogP contribution in [0.4, 0.5) is 0 Å². The lowest BCUT2D eigenvalue weighted by atomic mass is 10.2. The van der Waals surface area contributed by atoms with Gasteiger partial charge in [0.05, 0.1) is 6.61 Å². The summed E-state index contributed by atoms with van der Waals surface area (Å²) in [4.78, 5) is 0. The first-order valence-electron chi connectivity index (χ1n) is 6.93. The average molecular weight is 283 g/mol. The second-order valence-electron chi connectivity index (χ2n) is 4.84. The molecule has 0 spiro atoms. The normalized spacial score (nSPS) is 14.1. The van der Waals surface area contributed by atoms with Crippen molar-refractivity contribution in [3.05, 3.63) is 29.8 Å². The van der Waals surface area contributed by atoms with Crippen LogP contribution in [0.3, 0.4) is 0 Å². The lowest BCUT2D eigenvalue weighted by Gasteiger charge is -2.11. The minimum Gasteiger partial charge on any atom is -0.493 e. The minimum atomic E-state index is -0.720. The predicted molar refractivity (Wildman–Crippen MR) is 81.8 cm³/mol. The summed E-state index contributed by atoms with van der Waals surface area (Å²) in [5.74, 6) is 2.91. The highest BCUT2D eigenvalue weighted by molar-refractivity contribution is 7.84. The molecule has 0 aliphatic carbocycles. The molecule has 0 bridgehead atoms. The Hall–Kier alpha value is -0.870. The average Bonchev–Trinajstić information content (AvgIpc) is 2.43. The molecule has 2 unspecified atom stereocenters. The Bertz CT molecular complexity index is 395. The third-order valence-corrected chi connectivity index (χ3v) is 4.82. The summed E-state index contributed by atoms with van der Waals surface area (Å²) < 4.78 is 17.5. The summed E-state index contributed by atoms with van der Waals surface area (Å²) >= 11 is 0. The molecule has 3 nitrogen and oxygen atoms in total. The Morgan fingerprint density at radius 3 is 2.79 bits per heavy atom. The van der Waals surface area contributed by atoms with Crippen LogP contribution in [0.5, 0.6) is 5.75 Å². The molecule has 0 radical (unpaired) electrons. The first-order chi connectivity index (χ1) is 9.17. The minimum absolute atomic E-state index is 0.482. The van der Waals surface area contributed by atoms with Gasteiger partial charge in [0.1, 0.15) is 5.75 Å². The summed E-state index contributed by atoms with van der Waals surface area (Å²) in [5, 5.41) is 0.